The first kappa shape index (κ1) is 22.7. The quantitative estimate of drug-likeness (QED) is 0.218. The Morgan fingerprint density at radius 2 is 1.89 bits per heavy atom. The Morgan fingerprint density at radius 3 is 2.44 bits per heavy atom. The number of nitrogens with zero attached hydrogens (tertiary/aromatic N) is 3. The van der Waals surface area contributed by atoms with E-state index in [1.807, 2.05) is 0 Å². The summed E-state index contributed by atoms with van der Waals surface area (Å²) in [5.74, 6) is 2.09. The molecule has 0 aromatic heterocycles. The molecule has 0 bridgehead atoms. The number of carbonyl (C=O) groups excluding carboxylic acids is 1. The molecule has 1 amide bonds. The summed E-state index contributed by atoms with van der Waals surface area (Å²) in [6, 6.07) is 0. The first-order valence-corrected chi connectivity index (χ1v) is 10.2. The molecule has 0 atom stereocenters. The van der Waals surface area contributed by atoms with Crippen molar-refractivity contribution in [3.05, 3.63) is 0 Å². The van der Waals surface area contributed by atoms with Crippen LogP contribution in [0.15, 0.2) is 4.99 Å². The number of aliphatic imine (C=N–C) groups is 1. The number of rotatable bonds is 9. The van der Waals surface area contributed by atoms with E-state index in [4.69, 9.17) is 9.73 Å². The van der Waals surface area contributed by atoms with Gasteiger partial charge in [0.15, 0.2) is 5.96 Å². The van der Waals surface area contributed by atoms with Crippen molar-refractivity contribution in [2.45, 2.75) is 32.6 Å². The second kappa shape index (κ2) is 10.8. The molecule has 8 heteroatoms. The molecule has 0 spiro atoms. The average molecular weight is 493 g/mol. The molecule has 0 unspecified atom stereocenters. The highest BCUT2D eigenvalue weighted by atomic mass is 127. The number of amides is 1. The number of carbonyl (C=O) groups is 1. The molecule has 2 saturated carbocycles. The minimum absolute atomic E-state index is 0. The first-order chi connectivity index (χ1) is 12.7. The van der Waals surface area contributed by atoms with Gasteiger partial charge in [0, 0.05) is 52.9 Å². The number of guanidine groups is 1. The zero-order valence-corrected chi connectivity index (χ0v) is 19.2. The second-order valence-corrected chi connectivity index (χ2v) is 7.91. The third-order valence-electron chi connectivity index (χ3n) is 5.88. The molecular weight excluding hydrogens is 457 g/mol. The minimum atomic E-state index is 0. The largest absolute Gasteiger partial charge is 0.383 e. The summed E-state index contributed by atoms with van der Waals surface area (Å²) in [7, 11) is 1.64. The van der Waals surface area contributed by atoms with Crippen molar-refractivity contribution < 1.29 is 9.53 Å². The van der Waals surface area contributed by atoms with Gasteiger partial charge in [0.1, 0.15) is 0 Å². The van der Waals surface area contributed by atoms with Crippen LogP contribution in [-0.2, 0) is 9.53 Å². The first-order valence-electron chi connectivity index (χ1n) is 10.2. The van der Waals surface area contributed by atoms with Crippen LogP contribution in [0.4, 0.5) is 0 Å². The van der Waals surface area contributed by atoms with Gasteiger partial charge in [-0.2, -0.15) is 0 Å². The second-order valence-electron chi connectivity index (χ2n) is 7.91. The fraction of sp³-hybridized carbons (Fsp3) is 0.895. The van der Waals surface area contributed by atoms with E-state index in [0.717, 1.165) is 51.1 Å². The lowest BCUT2D eigenvalue weighted by molar-refractivity contribution is -0.122. The smallest absolute Gasteiger partial charge is 0.234 e. The van der Waals surface area contributed by atoms with Crippen LogP contribution in [0.5, 0.6) is 0 Å². The molecule has 27 heavy (non-hydrogen) atoms. The van der Waals surface area contributed by atoms with Gasteiger partial charge < -0.3 is 20.3 Å². The Morgan fingerprint density at radius 1 is 1.19 bits per heavy atom. The summed E-state index contributed by atoms with van der Waals surface area (Å²) in [5.41, 5.74) is 0.544. The van der Waals surface area contributed by atoms with Gasteiger partial charge in [-0.15, -0.1) is 24.0 Å². The van der Waals surface area contributed by atoms with E-state index in [1.165, 1.54) is 25.7 Å². The molecule has 1 aliphatic heterocycles. The lowest BCUT2D eigenvalue weighted by Gasteiger charge is -2.36. The number of halogens is 1. The third-order valence-corrected chi connectivity index (χ3v) is 5.88. The topological polar surface area (TPSA) is 69.2 Å². The van der Waals surface area contributed by atoms with Gasteiger partial charge >= 0.3 is 0 Å². The molecule has 3 aliphatic rings. The summed E-state index contributed by atoms with van der Waals surface area (Å²) in [4.78, 5) is 21.5. The lowest BCUT2D eigenvalue weighted by atomic mass is 10.0. The normalized spacial score (nSPS) is 22.1. The van der Waals surface area contributed by atoms with Crippen molar-refractivity contribution >= 4 is 35.8 Å². The molecule has 1 saturated heterocycles. The van der Waals surface area contributed by atoms with E-state index in [2.05, 4.69) is 27.4 Å². The zero-order chi connectivity index (χ0) is 18.4. The lowest BCUT2D eigenvalue weighted by Crippen LogP contribution is -2.54. The van der Waals surface area contributed by atoms with E-state index in [0.29, 0.717) is 25.1 Å². The molecular formula is C19H36IN5O2. The molecule has 2 aliphatic carbocycles. The monoisotopic (exact) mass is 493 g/mol. The van der Waals surface area contributed by atoms with Crippen molar-refractivity contribution in [1.82, 2.24) is 20.4 Å². The molecule has 3 rings (SSSR count). The Bertz CT molecular complexity index is 500. The van der Waals surface area contributed by atoms with Crippen molar-refractivity contribution in [2.24, 2.45) is 16.3 Å². The number of hydrogen-bond acceptors (Lipinski definition) is 4. The van der Waals surface area contributed by atoms with Crippen molar-refractivity contribution in [1.29, 1.82) is 0 Å². The molecule has 3 fully saturated rings. The number of hydrogen-bond donors (Lipinski definition) is 2. The van der Waals surface area contributed by atoms with Crippen LogP contribution < -0.4 is 10.6 Å². The Labute approximate surface area is 180 Å². The van der Waals surface area contributed by atoms with Crippen LogP contribution in [-0.4, -0.2) is 87.7 Å². The Kier molecular flexibility index (Phi) is 9.07. The number of ether oxygens (including phenoxy) is 1. The van der Waals surface area contributed by atoms with Gasteiger partial charge in [0.05, 0.1) is 13.2 Å². The highest BCUT2D eigenvalue weighted by molar-refractivity contribution is 14.0. The standard InChI is InChI=1S/C19H35N5O2.HI/c1-3-20-18(22-15-19(6-7-19)16-4-5-16)24-11-9-23(10-12-24)14-17(25)21-8-13-26-2;/h16H,3-15H2,1-2H3,(H,20,22)(H,21,25);1H. The predicted octanol–water partition coefficient (Wildman–Crippen LogP) is 1.14. The maximum absolute atomic E-state index is 11.9. The maximum atomic E-state index is 11.9. The molecule has 1 heterocycles. The highest BCUT2D eigenvalue weighted by Gasteiger charge is 2.53. The molecule has 156 valence electrons. The van der Waals surface area contributed by atoms with Crippen molar-refractivity contribution in [2.75, 3.05) is 66.1 Å². The molecule has 0 radical (unpaired) electrons. The number of piperazine rings is 1. The van der Waals surface area contributed by atoms with Crippen molar-refractivity contribution in [3.8, 4) is 0 Å². The van der Waals surface area contributed by atoms with E-state index in [1.54, 1.807) is 7.11 Å². The van der Waals surface area contributed by atoms with Crippen LogP contribution in [0.3, 0.4) is 0 Å². The van der Waals surface area contributed by atoms with E-state index < -0.39 is 0 Å². The van der Waals surface area contributed by atoms with Crippen LogP contribution >= 0.6 is 24.0 Å². The Balaban J connectivity index is 0.00000261. The number of methoxy groups -OCH3 is 1. The van der Waals surface area contributed by atoms with E-state index in [9.17, 15) is 4.79 Å². The summed E-state index contributed by atoms with van der Waals surface area (Å²) in [5, 5.41) is 6.36. The summed E-state index contributed by atoms with van der Waals surface area (Å²) >= 11 is 0. The SMILES string of the molecule is CCNC(=NCC1(C2CC2)CC1)N1CCN(CC(=O)NCCOC)CC1.I. The van der Waals surface area contributed by atoms with Gasteiger partial charge in [-0.3, -0.25) is 14.7 Å². The minimum Gasteiger partial charge on any atom is -0.383 e. The molecule has 0 aromatic rings. The van der Waals surface area contributed by atoms with Gasteiger partial charge in [-0.1, -0.05) is 0 Å². The van der Waals surface area contributed by atoms with Gasteiger partial charge in [-0.05, 0) is 43.9 Å². The summed E-state index contributed by atoms with van der Waals surface area (Å²) in [6.07, 6.45) is 5.56. The predicted molar refractivity (Wildman–Crippen MR) is 119 cm³/mol. The fourth-order valence-electron chi connectivity index (χ4n) is 3.88. The van der Waals surface area contributed by atoms with Gasteiger partial charge in [0.2, 0.25) is 5.91 Å². The average Bonchev–Trinajstić information content (AvgIpc) is 3.53. The highest BCUT2D eigenvalue weighted by Crippen LogP contribution is 2.61. The van der Waals surface area contributed by atoms with E-state index >= 15 is 0 Å². The molecule has 0 aromatic carbocycles. The molecule has 2 N–H and O–H groups in total. The zero-order valence-electron chi connectivity index (χ0n) is 16.8. The van der Waals surface area contributed by atoms with Gasteiger partial charge in [0.25, 0.3) is 0 Å². The van der Waals surface area contributed by atoms with E-state index in [-0.39, 0.29) is 29.9 Å². The summed E-state index contributed by atoms with van der Waals surface area (Å²) in [6.45, 7) is 9.27. The van der Waals surface area contributed by atoms with Crippen LogP contribution in [0.2, 0.25) is 0 Å². The van der Waals surface area contributed by atoms with Crippen molar-refractivity contribution in [3.63, 3.8) is 0 Å². The number of nitrogens with one attached hydrogen (secondary N) is 2. The van der Waals surface area contributed by atoms with Crippen LogP contribution in [0, 0.1) is 11.3 Å². The molecule has 7 nitrogen and oxygen atoms in total. The Hall–Kier alpha value is -0.610. The maximum Gasteiger partial charge on any atom is 0.234 e. The fourth-order valence-corrected chi connectivity index (χ4v) is 3.88. The summed E-state index contributed by atoms with van der Waals surface area (Å²) < 4.78 is 4.96. The van der Waals surface area contributed by atoms with Crippen LogP contribution in [0.25, 0.3) is 0 Å². The van der Waals surface area contributed by atoms with Gasteiger partial charge in [-0.25, -0.2) is 0 Å². The van der Waals surface area contributed by atoms with Crippen LogP contribution in [0.1, 0.15) is 32.6 Å². The third kappa shape index (κ3) is 6.74.